The first-order chi connectivity index (χ1) is 14.4. The van der Waals surface area contributed by atoms with Crippen molar-refractivity contribution >= 4 is 11.6 Å². The second-order valence-corrected chi connectivity index (χ2v) is 7.17. The smallest absolute Gasteiger partial charge is 0.252 e. The van der Waals surface area contributed by atoms with Gasteiger partial charge in [-0.2, -0.15) is 0 Å². The summed E-state index contributed by atoms with van der Waals surface area (Å²) in [6.07, 6.45) is 8.00. The summed E-state index contributed by atoms with van der Waals surface area (Å²) in [6.45, 7) is 6.90. The Bertz CT molecular complexity index is 932. The molecule has 3 rings (SSSR count). The molecule has 0 radical (unpaired) electrons. The van der Waals surface area contributed by atoms with Crippen LogP contribution in [0.1, 0.15) is 41.4 Å². The quantitative estimate of drug-likeness (QED) is 0.728. The van der Waals surface area contributed by atoms with Crippen molar-refractivity contribution in [1.82, 2.24) is 10.2 Å². The fourth-order valence-electron chi connectivity index (χ4n) is 3.25. The van der Waals surface area contributed by atoms with E-state index < -0.39 is 0 Å². The van der Waals surface area contributed by atoms with Crippen molar-refractivity contribution in [3.63, 3.8) is 0 Å². The van der Waals surface area contributed by atoms with Crippen molar-refractivity contribution in [2.45, 2.75) is 26.8 Å². The van der Waals surface area contributed by atoms with Gasteiger partial charge in [-0.3, -0.25) is 4.79 Å². The van der Waals surface area contributed by atoms with Crippen LogP contribution in [-0.2, 0) is 0 Å². The first-order valence-corrected chi connectivity index (χ1v) is 10.0. The molecule has 1 amide bonds. The third-order valence-corrected chi connectivity index (χ3v) is 5.19. The number of amides is 1. The summed E-state index contributed by atoms with van der Waals surface area (Å²) in [4.78, 5) is 17.1. The molecule has 0 saturated carbocycles. The summed E-state index contributed by atoms with van der Waals surface area (Å²) in [5, 5.41) is 3.09. The van der Waals surface area contributed by atoms with E-state index in [2.05, 4.69) is 17.1 Å². The summed E-state index contributed by atoms with van der Waals surface area (Å²) < 4.78 is 10.7. The van der Waals surface area contributed by atoms with Gasteiger partial charge < -0.3 is 24.6 Å². The number of nitrogens with one attached hydrogen (secondary N) is 1. The zero-order valence-corrected chi connectivity index (χ0v) is 18.2. The fourth-order valence-corrected chi connectivity index (χ4v) is 3.25. The predicted octanol–water partition coefficient (Wildman–Crippen LogP) is 4.59. The Morgan fingerprint density at radius 3 is 2.20 bits per heavy atom. The summed E-state index contributed by atoms with van der Waals surface area (Å²) in [5.41, 5.74) is 3.42. The van der Waals surface area contributed by atoms with Crippen LogP contribution in [-0.4, -0.2) is 31.6 Å². The van der Waals surface area contributed by atoms with Crippen molar-refractivity contribution in [3.8, 4) is 11.5 Å². The average molecular weight is 408 g/mol. The number of carbonyl (C=O) groups is 1. The van der Waals surface area contributed by atoms with Gasteiger partial charge in [0, 0.05) is 48.7 Å². The molecule has 30 heavy (non-hydrogen) atoms. The maximum absolute atomic E-state index is 13.1. The maximum Gasteiger partial charge on any atom is 0.252 e. The molecule has 1 heterocycles. The van der Waals surface area contributed by atoms with Crippen molar-refractivity contribution in [2.24, 2.45) is 0 Å². The van der Waals surface area contributed by atoms with Crippen LogP contribution in [0.25, 0.3) is 0 Å². The van der Waals surface area contributed by atoms with Crippen molar-refractivity contribution in [3.05, 3.63) is 77.9 Å². The van der Waals surface area contributed by atoms with E-state index in [4.69, 9.17) is 9.47 Å². The number of hydrogen-bond donors (Lipinski definition) is 1. The fraction of sp³-hybridized carbons (Fsp3) is 0.292. The highest BCUT2D eigenvalue weighted by molar-refractivity contribution is 5.97. The molecular formula is C24H29N3O3. The van der Waals surface area contributed by atoms with Crippen molar-refractivity contribution in [2.75, 3.05) is 25.7 Å². The summed E-state index contributed by atoms with van der Waals surface area (Å²) in [7, 11) is 3.22. The van der Waals surface area contributed by atoms with Crippen LogP contribution in [0.4, 0.5) is 5.69 Å². The van der Waals surface area contributed by atoms with Crippen LogP contribution in [0.3, 0.4) is 0 Å². The Hall–Kier alpha value is -3.41. The molecule has 6 heteroatoms. The number of hydrogen-bond acceptors (Lipinski definition) is 5. The minimum absolute atomic E-state index is 0.121. The molecule has 0 unspecified atom stereocenters. The Kier molecular flexibility index (Phi) is 6.67. The highest BCUT2D eigenvalue weighted by Gasteiger charge is 2.17. The van der Waals surface area contributed by atoms with E-state index in [0.29, 0.717) is 17.1 Å². The largest absolute Gasteiger partial charge is 0.497 e. The number of aryl methyl sites for hydroxylation is 1. The van der Waals surface area contributed by atoms with Gasteiger partial charge in [-0.1, -0.05) is 6.07 Å². The second-order valence-electron chi connectivity index (χ2n) is 7.17. The first kappa shape index (κ1) is 21.3. The standard InChI is InChI=1S/C24H29N3O3/c1-6-26-9-11-27(12-10-26)20-8-7-17(2)23(15-20)24(28)25-18(3)19-13-21(29-4)16-22(14-19)30-5/h7-16,18H,6H2,1-5H3,(H,25,28)/t18-/m1/s1. The zero-order valence-electron chi connectivity index (χ0n) is 18.2. The Balaban J connectivity index is 1.79. The normalized spacial score (nSPS) is 13.9. The van der Waals surface area contributed by atoms with Gasteiger partial charge >= 0.3 is 0 Å². The minimum atomic E-state index is -0.211. The number of carbonyl (C=O) groups excluding carboxylic acids is 1. The highest BCUT2D eigenvalue weighted by Crippen LogP contribution is 2.27. The molecule has 0 spiro atoms. The third-order valence-electron chi connectivity index (χ3n) is 5.19. The van der Waals surface area contributed by atoms with Gasteiger partial charge in [-0.15, -0.1) is 0 Å². The van der Waals surface area contributed by atoms with E-state index in [-0.39, 0.29) is 11.9 Å². The molecule has 0 fully saturated rings. The summed E-state index contributed by atoms with van der Waals surface area (Å²) >= 11 is 0. The molecule has 6 nitrogen and oxygen atoms in total. The number of benzene rings is 2. The van der Waals surface area contributed by atoms with Crippen LogP contribution in [0.2, 0.25) is 0 Å². The van der Waals surface area contributed by atoms with E-state index in [1.165, 1.54) is 0 Å². The van der Waals surface area contributed by atoms with E-state index in [0.717, 1.165) is 23.4 Å². The van der Waals surface area contributed by atoms with Crippen LogP contribution < -0.4 is 19.7 Å². The molecule has 1 N–H and O–H groups in total. The molecule has 0 aromatic heterocycles. The lowest BCUT2D eigenvalue weighted by atomic mass is 10.0. The number of rotatable bonds is 7. The highest BCUT2D eigenvalue weighted by atomic mass is 16.5. The van der Waals surface area contributed by atoms with Gasteiger partial charge in [0.25, 0.3) is 5.91 Å². The number of ether oxygens (including phenoxy) is 2. The predicted molar refractivity (Wildman–Crippen MR) is 120 cm³/mol. The maximum atomic E-state index is 13.1. The SMILES string of the molecule is CCN1C=CN(c2ccc(C)c(C(=O)N[C@H](C)c3cc(OC)cc(OC)c3)c2)C=C1. The molecule has 1 aliphatic heterocycles. The van der Waals surface area contributed by atoms with E-state index in [9.17, 15) is 4.79 Å². The third kappa shape index (κ3) is 4.76. The lowest BCUT2D eigenvalue weighted by molar-refractivity contribution is 0.0939. The molecule has 0 saturated heterocycles. The molecule has 0 aliphatic carbocycles. The van der Waals surface area contributed by atoms with E-state index in [1.54, 1.807) is 14.2 Å². The molecule has 2 aromatic rings. The van der Waals surface area contributed by atoms with Gasteiger partial charge in [0.1, 0.15) is 11.5 Å². The van der Waals surface area contributed by atoms with E-state index in [1.807, 2.05) is 79.9 Å². The van der Waals surface area contributed by atoms with E-state index >= 15 is 0 Å². The monoisotopic (exact) mass is 407 g/mol. The molecule has 1 atom stereocenters. The van der Waals surface area contributed by atoms with Gasteiger partial charge in [-0.05, 0) is 56.2 Å². The zero-order chi connectivity index (χ0) is 21.7. The summed E-state index contributed by atoms with van der Waals surface area (Å²) in [6, 6.07) is 11.3. The first-order valence-electron chi connectivity index (χ1n) is 10.0. The van der Waals surface area contributed by atoms with Gasteiger partial charge in [-0.25, -0.2) is 0 Å². The van der Waals surface area contributed by atoms with Crippen molar-refractivity contribution < 1.29 is 14.3 Å². The van der Waals surface area contributed by atoms with Gasteiger partial charge in [0.05, 0.1) is 20.3 Å². The Labute approximate surface area is 178 Å². The second kappa shape index (κ2) is 9.39. The topological polar surface area (TPSA) is 54.0 Å². The van der Waals surface area contributed by atoms with Crippen LogP contribution in [0.15, 0.2) is 61.2 Å². The molecule has 0 bridgehead atoms. The Morgan fingerprint density at radius 1 is 1.00 bits per heavy atom. The van der Waals surface area contributed by atoms with Crippen molar-refractivity contribution in [1.29, 1.82) is 0 Å². The molecule has 158 valence electrons. The lowest BCUT2D eigenvalue weighted by Crippen LogP contribution is -2.27. The Morgan fingerprint density at radius 2 is 1.63 bits per heavy atom. The van der Waals surface area contributed by atoms with Gasteiger partial charge in [0.2, 0.25) is 0 Å². The molecule has 2 aromatic carbocycles. The summed E-state index contributed by atoms with van der Waals surface area (Å²) in [5.74, 6) is 1.26. The average Bonchev–Trinajstić information content (AvgIpc) is 2.78. The van der Waals surface area contributed by atoms with Crippen LogP contribution in [0, 0.1) is 6.92 Å². The van der Waals surface area contributed by atoms with Crippen LogP contribution in [0.5, 0.6) is 11.5 Å². The number of anilines is 1. The van der Waals surface area contributed by atoms with Crippen LogP contribution >= 0.6 is 0 Å². The lowest BCUT2D eigenvalue weighted by Gasteiger charge is -2.25. The minimum Gasteiger partial charge on any atom is -0.497 e. The number of methoxy groups -OCH3 is 2. The number of nitrogens with zero attached hydrogens (tertiary/aromatic N) is 2. The molecule has 1 aliphatic rings. The van der Waals surface area contributed by atoms with Gasteiger partial charge in [0.15, 0.2) is 0 Å². The molecular weight excluding hydrogens is 378 g/mol.